The molecule has 1 atom stereocenters. The molecule has 1 unspecified atom stereocenters. The highest BCUT2D eigenvalue weighted by Crippen LogP contribution is 2.00. The molecule has 0 spiro atoms. The topological polar surface area (TPSA) is 101 Å². The van der Waals surface area contributed by atoms with Crippen LogP contribution in [0.5, 0.6) is 0 Å². The Kier molecular flexibility index (Phi) is 2.12. The molecule has 1 heterocycles. The van der Waals surface area contributed by atoms with E-state index in [0.717, 1.165) is 0 Å². The Labute approximate surface area is 64.3 Å². The Bertz CT molecular complexity index is 260. The van der Waals surface area contributed by atoms with Crippen LogP contribution in [0.3, 0.4) is 0 Å². The van der Waals surface area contributed by atoms with E-state index in [9.17, 15) is 13.2 Å². The molecule has 7 heteroatoms. The lowest BCUT2D eigenvalue weighted by Gasteiger charge is -2.00. The molecule has 1 aliphatic rings. The second kappa shape index (κ2) is 2.76. The van der Waals surface area contributed by atoms with E-state index in [4.69, 9.17) is 5.73 Å². The maximum absolute atomic E-state index is 10.8. The van der Waals surface area contributed by atoms with Gasteiger partial charge >= 0.3 is 10.2 Å². The second-order valence-corrected chi connectivity index (χ2v) is 3.66. The van der Waals surface area contributed by atoms with E-state index in [-0.39, 0.29) is 6.54 Å². The number of carbonyl (C=O) groups excluding carboxylic acids is 1. The maximum Gasteiger partial charge on any atom is 0.302 e. The van der Waals surface area contributed by atoms with Gasteiger partial charge in [-0.2, -0.15) is 13.1 Å². The molecular weight excluding hydrogens is 170 g/mol. The lowest BCUT2D eigenvalue weighted by molar-refractivity contribution is -0.120. The SMILES string of the molecule is NCCC1NS(=O)(=O)NC1=O. The van der Waals surface area contributed by atoms with E-state index in [1.54, 1.807) is 4.72 Å². The Morgan fingerprint density at radius 1 is 1.55 bits per heavy atom. The third-order valence-electron chi connectivity index (χ3n) is 1.30. The van der Waals surface area contributed by atoms with E-state index >= 15 is 0 Å². The number of nitrogens with two attached hydrogens (primary N) is 1. The van der Waals surface area contributed by atoms with E-state index in [2.05, 4.69) is 4.72 Å². The summed E-state index contributed by atoms with van der Waals surface area (Å²) in [6.07, 6.45) is 0.324. The summed E-state index contributed by atoms with van der Waals surface area (Å²) < 4.78 is 25.2. The van der Waals surface area contributed by atoms with Crippen molar-refractivity contribution in [3.05, 3.63) is 0 Å². The van der Waals surface area contributed by atoms with Crippen molar-refractivity contribution < 1.29 is 13.2 Å². The summed E-state index contributed by atoms with van der Waals surface area (Å²) in [4.78, 5) is 10.8. The Balaban J connectivity index is 2.67. The molecule has 1 rings (SSSR count). The summed E-state index contributed by atoms with van der Waals surface area (Å²) in [5.74, 6) is -0.532. The van der Waals surface area contributed by atoms with Crippen LogP contribution in [-0.4, -0.2) is 26.9 Å². The predicted molar refractivity (Wildman–Crippen MR) is 37.7 cm³/mol. The van der Waals surface area contributed by atoms with Gasteiger partial charge in [0, 0.05) is 0 Å². The molecule has 4 N–H and O–H groups in total. The number of rotatable bonds is 2. The predicted octanol–water partition coefficient (Wildman–Crippen LogP) is -2.33. The largest absolute Gasteiger partial charge is 0.330 e. The van der Waals surface area contributed by atoms with Crippen LogP contribution in [0.15, 0.2) is 0 Å². The van der Waals surface area contributed by atoms with Gasteiger partial charge in [-0.1, -0.05) is 0 Å². The van der Waals surface area contributed by atoms with Gasteiger partial charge in [0.25, 0.3) is 5.91 Å². The smallest absolute Gasteiger partial charge is 0.302 e. The molecule has 1 fully saturated rings. The molecule has 11 heavy (non-hydrogen) atoms. The van der Waals surface area contributed by atoms with Gasteiger partial charge < -0.3 is 5.73 Å². The number of nitrogens with one attached hydrogen (secondary N) is 2. The minimum Gasteiger partial charge on any atom is -0.330 e. The monoisotopic (exact) mass is 179 g/mol. The summed E-state index contributed by atoms with van der Waals surface area (Å²) >= 11 is 0. The van der Waals surface area contributed by atoms with Crippen molar-refractivity contribution in [1.82, 2.24) is 9.44 Å². The third-order valence-corrected chi connectivity index (χ3v) is 2.37. The number of carbonyl (C=O) groups is 1. The second-order valence-electron chi connectivity index (χ2n) is 2.22. The van der Waals surface area contributed by atoms with Crippen LogP contribution in [0.25, 0.3) is 0 Å². The van der Waals surface area contributed by atoms with Crippen molar-refractivity contribution in [1.29, 1.82) is 0 Å². The van der Waals surface area contributed by atoms with Crippen LogP contribution in [-0.2, 0) is 15.0 Å². The first-order valence-electron chi connectivity index (χ1n) is 3.09. The van der Waals surface area contributed by atoms with Gasteiger partial charge in [-0.25, -0.2) is 4.72 Å². The minimum absolute atomic E-state index is 0.278. The van der Waals surface area contributed by atoms with Gasteiger partial charge in [-0.15, -0.1) is 0 Å². The lowest BCUT2D eigenvalue weighted by atomic mass is 10.2. The zero-order valence-electron chi connectivity index (χ0n) is 5.70. The maximum atomic E-state index is 10.8. The highest BCUT2D eigenvalue weighted by Gasteiger charge is 2.33. The molecule has 1 saturated heterocycles. The summed E-state index contributed by atoms with van der Waals surface area (Å²) in [7, 11) is -3.57. The minimum atomic E-state index is -3.57. The summed E-state index contributed by atoms with van der Waals surface area (Å²) in [6.45, 7) is 0.278. The molecule has 0 bridgehead atoms. The van der Waals surface area contributed by atoms with Crippen molar-refractivity contribution in [2.45, 2.75) is 12.5 Å². The van der Waals surface area contributed by atoms with Crippen molar-refractivity contribution >= 4 is 16.1 Å². The lowest BCUT2D eigenvalue weighted by Crippen LogP contribution is -2.31. The standard InChI is InChI=1S/C4H9N3O3S/c5-2-1-3-4(8)7-11(9,10)6-3/h3,6H,1-2,5H2,(H,7,8). The highest BCUT2D eigenvalue weighted by atomic mass is 32.2. The molecule has 0 aromatic rings. The fourth-order valence-corrected chi connectivity index (χ4v) is 1.90. The zero-order valence-corrected chi connectivity index (χ0v) is 6.52. The quantitative estimate of drug-likeness (QED) is 0.442. The summed E-state index contributed by atoms with van der Waals surface area (Å²) in [5, 5.41) is 0. The van der Waals surface area contributed by atoms with Crippen LogP contribution in [0.1, 0.15) is 6.42 Å². The van der Waals surface area contributed by atoms with Gasteiger partial charge in [-0.3, -0.25) is 4.79 Å². The fourth-order valence-electron chi connectivity index (χ4n) is 0.831. The summed E-state index contributed by atoms with van der Waals surface area (Å²) in [5.41, 5.74) is 5.14. The van der Waals surface area contributed by atoms with Crippen molar-refractivity contribution in [2.75, 3.05) is 6.54 Å². The summed E-state index contributed by atoms with van der Waals surface area (Å²) in [6, 6.07) is -0.690. The molecule has 64 valence electrons. The van der Waals surface area contributed by atoms with E-state index in [1.807, 2.05) is 0 Å². The normalized spacial score (nSPS) is 28.5. The first-order valence-corrected chi connectivity index (χ1v) is 4.57. The van der Waals surface area contributed by atoms with Crippen LogP contribution in [0.4, 0.5) is 0 Å². The molecule has 0 aliphatic carbocycles. The van der Waals surface area contributed by atoms with Crippen LogP contribution in [0.2, 0.25) is 0 Å². The molecule has 6 nitrogen and oxygen atoms in total. The zero-order chi connectivity index (χ0) is 8.48. The van der Waals surface area contributed by atoms with Crippen molar-refractivity contribution in [2.24, 2.45) is 5.73 Å². The third kappa shape index (κ3) is 1.88. The van der Waals surface area contributed by atoms with Crippen LogP contribution in [0, 0.1) is 0 Å². The van der Waals surface area contributed by atoms with Crippen molar-refractivity contribution in [3.63, 3.8) is 0 Å². The molecule has 1 amide bonds. The molecule has 0 saturated carbocycles. The number of hydrogen-bond acceptors (Lipinski definition) is 4. The van der Waals surface area contributed by atoms with Gasteiger partial charge in [0.15, 0.2) is 0 Å². The van der Waals surface area contributed by atoms with E-state index < -0.39 is 22.2 Å². The fraction of sp³-hybridized carbons (Fsp3) is 0.750. The Hall–Kier alpha value is -0.660. The molecule has 0 aromatic heterocycles. The first-order chi connectivity index (χ1) is 5.05. The van der Waals surface area contributed by atoms with Crippen molar-refractivity contribution in [3.8, 4) is 0 Å². The van der Waals surface area contributed by atoms with Crippen LogP contribution >= 0.6 is 0 Å². The molecule has 1 aliphatic heterocycles. The average molecular weight is 179 g/mol. The molecule has 0 radical (unpaired) electrons. The highest BCUT2D eigenvalue weighted by molar-refractivity contribution is 7.88. The molecule has 0 aromatic carbocycles. The Morgan fingerprint density at radius 3 is 2.55 bits per heavy atom. The number of amides is 1. The van der Waals surface area contributed by atoms with Gasteiger partial charge in [0.05, 0.1) is 0 Å². The Morgan fingerprint density at radius 2 is 2.18 bits per heavy atom. The van der Waals surface area contributed by atoms with Crippen LogP contribution < -0.4 is 15.2 Å². The van der Waals surface area contributed by atoms with Gasteiger partial charge in [0.2, 0.25) is 0 Å². The van der Waals surface area contributed by atoms with Gasteiger partial charge in [-0.05, 0) is 13.0 Å². The average Bonchev–Trinajstić information content (AvgIpc) is 2.07. The van der Waals surface area contributed by atoms with E-state index in [0.29, 0.717) is 6.42 Å². The number of hydrogen-bond donors (Lipinski definition) is 3. The molecular formula is C4H9N3O3S. The first kappa shape index (κ1) is 8.44. The van der Waals surface area contributed by atoms with Gasteiger partial charge in [0.1, 0.15) is 6.04 Å². The van der Waals surface area contributed by atoms with E-state index in [1.165, 1.54) is 0 Å².